The highest BCUT2D eigenvalue weighted by Gasteiger charge is 2.25. The second-order valence-electron chi connectivity index (χ2n) is 5.84. The van der Waals surface area contributed by atoms with Gasteiger partial charge in [-0.1, -0.05) is 0 Å². The lowest BCUT2D eigenvalue weighted by atomic mass is 10.1. The van der Waals surface area contributed by atoms with Gasteiger partial charge >= 0.3 is 11.9 Å². The molecule has 0 saturated heterocycles. The molecule has 2 heterocycles. The van der Waals surface area contributed by atoms with Crippen molar-refractivity contribution < 1.29 is 19.8 Å². The fraction of sp³-hybridized carbons (Fsp3) is 0.353. The Morgan fingerprint density at radius 1 is 1.36 bits per heavy atom. The molecule has 2 aromatic heterocycles. The summed E-state index contributed by atoms with van der Waals surface area (Å²) in [5.74, 6) is -2.51. The van der Waals surface area contributed by atoms with Crippen LogP contribution in [0.4, 0.5) is 0 Å². The van der Waals surface area contributed by atoms with Crippen molar-refractivity contribution in [1.29, 1.82) is 0 Å². The summed E-state index contributed by atoms with van der Waals surface area (Å²) >= 11 is 3.48. The number of carboxylic acids is 2. The van der Waals surface area contributed by atoms with Crippen molar-refractivity contribution >= 4 is 38.9 Å². The molecule has 0 amide bonds. The number of carboxylic acid groups (broad SMARTS) is 2. The minimum Gasteiger partial charge on any atom is -0.478 e. The predicted molar refractivity (Wildman–Crippen MR) is 97.6 cm³/mol. The summed E-state index contributed by atoms with van der Waals surface area (Å²) in [6.45, 7) is 1.13. The number of H-pyrrole nitrogens is 1. The summed E-state index contributed by atoms with van der Waals surface area (Å²) in [7, 11) is 2.22. The number of aromatic nitrogens is 2. The molecule has 3 N–H and O–H groups in total. The molecule has 0 aromatic carbocycles. The van der Waals surface area contributed by atoms with E-state index in [2.05, 4.69) is 50.1 Å². The molecule has 134 valence electrons. The van der Waals surface area contributed by atoms with E-state index in [9.17, 15) is 9.59 Å². The van der Waals surface area contributed by atoms with Crippen molar-refractivity contribution in [3.63, 3.8) is 0 Å². The number of fused-ring (bicyclic) bond motifs is 1. The minimum absolute atomic E-state index is 0.558. The van der Waals surface area contributed by atoms with Crippen LogP contribution in [0.15, 0.2) is 35.1 Å². The van der Waals surface area contributed by atoms with Gasteiger partial charge in [0, 0.05) is 47.0 Å². The Balaban J connectivity index is 0.000000242. The van der Waals surface area contributed by atoms with Gasteiger partial charge in [-0.2, -0.15) is 0 Å². The first-order valence-corrected chi connectivity index (χ1v) is 8.61. The Labute approximate surface area is 153 Å². The number of aromatic amines is 1. The molecule has 0 atom stereocenters. The number of nitrogens with one attached hydrogen (secondary N) is 1. The summed E-state index contributed by atoms with van der Waals surface area (Å²) in [6.07, 6.45) is 8.87. The maximum atomic E-state index is 9.55. The lowest BCUT2D eigenvalue weighted by molar-refractivity contribution is -0.134. The van der Waals surface area contributed by atoms with Gasteiger partial charge in [-0.15, -0.1) is 0 Å². The third-order valence-corrected chi connectivity index (χ3v) is 4.29. The highest BCUT2D eigenvalue weighted by Crippen LogP contribution is 2.26. The second kappa shape index (κ2) is 8.77. The molecule has 3 rings (SSSR count). The zero-order chi connectivity index (χ0) is 18.4. The van der Waals surface area contributed by atoms with Gasteiger partial charge < -0.3 is 20.1 Å². The largest absolute Gasteiger partial charge is 0.478 e. The highest BCUT2D eigenvalue weighted by molar-refractivity contribution is 9.10. The van der Waals surface area contributed by atoms with Crippen LogP contribution in [0.25, 0.3) is 11.0 Å². The van der Waals surface area contributed by atoms with E-state index < -0.39 is 11.9 Å². The SMILES string of the molecule is CN(CCc1c[nH]c2ncc(Br)cc12)C1CC1.O=C(O)/C=C/C(=O)O. The van der Waals surface area contributed by atoms with Crippen LogP contribution >= 0.6 is 15.9 Å². The van der Waals surface area contributed by atoms with Crippen molar-refractivity contribution in [3.8, 4) is 0 Å². The number of nitrogens with zero attached hydrogens (tertiary/aromatic N) is 2. The summed E-state index contributed by atoms with van der Waals surface area (Å²) in [4.78, 5) is 29.2. The average Bonchev–Trinajstić information content (AvgIpc) is 3.33. The normalized spacial score (nSPS) is 13.9. The van der Waals surface area contributed by atoms with Gasteiger partial charge in [0.05, 0.1) is 0 Å². The van der Waals surface area contributed by atoms with E-state index in [0.29, 0.717) is 12.2 Å². The quantitative estimate of drug-likeness (QED) is 0.633. The number of pyridine rings is 1. The molecule has 1 aliphatic carbocycles. The zero-order valence-electron chi connectivity index (χ0n) is 13.8. The number of hydrogen-bond donors (Lipinski definition) is 3. The topological polar surface area (TPSA) is 107 Å². The van der Waals surface area contributed by atoms with Gasteiger partial charge in [0.25, 0.3) is 0 Å². The van der Waals surface area contributed by atoms with Gasteiger partial charge in [0.15, 0.2) is 0 Å². The van der Waals surface area contributed by atoms with E-state index in [1.165, 1.54) is 23.8 Å². The average molecular weight is 410 g/mol. The number of aliphatic carboxylic acids is 2. The second-order valence-corrected chi connectivity index (χ2v) is 6.75. The first-order chi connectivity index (χ1) is 11.9. The number of likely N-dealkylation sites (N-methyl/N-ethyl adjacent to an activating group) is 1. The van der Waals surface area contributed by atoms with E-state index in [4.69, 9.17) is 10.2 Å². The van der Waals surface area contributed by atoms with E-state index >= 15 is 0 Å². The van der Waals surface area contributed by atoms with Gasteiger partial charge in [0.2, 0.25) is 0 Å². The van der Waals surface area contributed by atoms with Crippen molar-refractivity contribution in [3.05, 3.63) is 40.6 Å². The molecule has 1 fully saturated rings. The van der Waals surface area contributed by atoms with E-state index in [0.717, 1.165) is 29.1 Å². The number of hydrogen-bond acceptors (Lipinski definition) is 4. The van der Waals surface area contributed by atoms with Crippen LogP contribution < -0.4 is 0 Å². The molecule has 0 bridgehead atoms. The highest BCUT2D eigenvalue weighted by atomic mass is 79.9. The Morgan fingerprint density at radius 3 is 2.56 bits per heavy atom. The van der Waals surface area contributed by atoms with E-state index in [1.807, 2.05) is 6.20 Å². The Kier molecular flexibility index (Phi) is 6.72. The molecule has 2 aromatic rings. The third kappa shape index (κ3) is 6.32. The Bertz CT molecular complexity index is 767. The van der Waals surface area contributed by atoms with Crippen LogP contribution in [0.2, 0.25) is 0 Å². The number of rotatable bonds is 6. The number of carbonyl (C=O) groups is 2. The standard InChI is InChI=1S/C13H16BrN3.C4H4O4/c1-17(11-2-3-11)5-4-9-7-15-13-12(9)6-10(14)8-16-13;5-3(6)1-2-4(7)8/h6-8,11H,2-5H2,1H3,(H,15,16);1-2H,(H,5,6)(H,7,8)/b;2-1+. The fourth-order valence-corrected chi connectivity index (χ4v) is 2.71. The van der Waals surface area contributed by atoms with Crippen molar-refractivity contribution in [2.24, 2.45) is 0 Å². The van der Waals surface area contributed by atoms with Gasteiger partial charge in [-0.3, -0.25) is 0 Å². The molecule has 0 spiro atoms. The van der Waals surface area contributed by atoms with Crippen molar-refractivity contribution in [1.82, 2.24) is 14.9 Å². The molecule has 7 nitrogen and oxygen atoms in total. The van der Waals surface area contributed by atoms with Crippen LogP contribution in [-0.2, 0) is 16.0 Å². The fourth-order valence-electron chi connectivity index (χ4n) is 2.38. The molecule has 1 aliphatic rings. The van der Waals surface area contributed by atoms with Gasteiger partial charge in [-0.25, -0.2) is 14.6 Å². The molecular weight excluding hydrogens is 390 g/mol. The molecule has 25 heavy (non-hydrogen) atoms. The van der Waals surface area contributed by atoms with Crippen LogP contribution in [-0.4, -0.2) is 56.7 Å². The van der Waals surface area contributed by atoms with E-state index in [-0.39, 0.29) is 0 Å². The minimum atomic E-state index is -1.26. The molecule has 1 saturated carbocycles. The summed E-state index contributed by atoms with van der Waals surface area (Å²) in [6, 6.07) is 2.98. The first-order valence-electron chi connectivity index (χ1n) is 7.82. The maximum Gasteiger partial charge on any atom is 0.328 e. The third-order valence-electron chi connectivity index (χ3n) is 3.86. The smallest absolute Gasteiger partial charge is 0.328 e. The van der Waals surface area contributed by atoms with Gasteiger partial charge in [-0.05, 0) is 53.9 Å². The molecule has 0 radical (unpaired) electrons. The van der Waals surface area contributed by atoms with Crippen molar-refractivity contribution in [2.45, 2.75) is 25.3 Å². The molecule has 8 heteroatoms. The summed E-state index contributed by atoms with van der Waals surface area (Å²) in [5, 5.41) is 16.9. The lowest BCUT2D eigenvalue weighted by Crippen LogP contribution is -2.23. The zero-order valence-corrected chi connectivity index (χ0v) is 15.4. The lowest BCUT2D eigenvalue weighted by Gasteiger charge is -2.14. The first kappa shape index (κ1) is 19.1. The van der Waals surface area contributed by atoms with Crippen molar-refractivity contribution in [2.75, 3.05) is 13.6 Å². The van der Waals surface area contributed by atoms with Crippen LogP contribution in [0.3, 0.4) is 0 Å². The predicted octanol–water partition coefficient (Wildman–Crippen LogP) is 2.67. The van der Waals surface area contributed by atoms with Crippen LogP contribution in [0.5, 0.6) is 0 Å². The summed E-state index contributed by atoms with van der Waals surface area (Å²) < 4.78 is 1.04. The van der Waals surface area contributed by atoms with Crippen LogP contribution in [0, 0.1) is 0 Å². The Morgan fingerprint density at radius 2 is 2.00 bits per heavy atom. The molecule has 0 aliphatic heterocycles. The van der Waals surface area contributed by atoms with E-state index in [1.54, 1.807) is 0 Å². The maximum absolute atomic E-state index is 9.55. The van der Waals surface area contributed by atoms with Gasteiger partial charge in [0.1, 0.15) is 5.65 Å². The van der Waals surface area contributed by atoms with Crippen LogP contribution in [0.1, 0.15) is 18.4 Å². The summed E-state index contributed by atoms with van der Waals surface area (Å²) in [5.41, 5.74) is 2.35. The molecular formula is C17H20BrN3O4. The molecule has 0 unspecified atom stereocenters. The Hall–Kier alpha value is -2.19. The monoisotopic (exact) mass is 409 g/mol. The number of halogens is 1.